The molecule has 3 aromatic heterocycles. The Morgan fingerprint density at radius 1 is 1.00 bits per heavy atom. The number of benzene rings is 1. The van der Waals surface area contributed by atoms with E-state index in [0.29, 0.717) is 5.41 Å². The molecule has 1 spiro atoms. The fourth-order valence-electron chi connectivity index (χ4n) is 5.16. The second kappa shape index (κ2) is 8.25. The van der Waals surface area contributed by atoms with Crippen molar-refractivity contribution in [2.75, 3.05) is 36.4 Å². The van der Waals surface area contributed by atoms with Crippen molar-refractivity contribution in [2.45, 2.75) is 12.8 Å². The molecule has 0 saturated carbocycles. The summed E-state index contributed by atoms with van der Waals surface area (Å²) in [4.78, 5) is 11.6. The summed E-state index contributed by atoms with van der Waals surface area (Å²) in [5.74, 6) is 1.80. The summed E-state index contributed by atoms with van der Waals surface area (Å²) in [6.07, 6.45) is 10.2. The molecule has 2 aliphatic heterocycles. The second-order valence-corrected chi connectivity index (χ2v) is 9.65. The third-order valence-electron chi connectivity index (χ3n) is 7.17. The molecule has 2 fully saturated rings. The predicted octanol–water partition coefficient (Wildman–Crippen LogP) is 4.30. The number of anilines is 2. The van der Waals surface area contributed by atoms with Crippen molar-refractivity contribution in [3.05, 3.63) is 73.3 Å². The molecule has 0 amide bonds. The zero-order valence-corrected chi connectivity index (χ0v) is 19.5. The number of aryl methyl sites for hydroxylation is 1. The van der Waals surface area contributed by atoms with Gasteiger partial charge in [0.15, 0.2) is 0 Å². The minimum absolute atomic E-state index is 0.474. The van der Waals surface area contributed by atoms with Gasteiger partial charge in [-0.2, -0.15) is 5.10 Å². The lowest BCUT2D eigenvalue weighted by Crippen LogP contribution is -2.60. The molecule has 0 bridgehead atoms. The third-order valence-corrected chi connectivity index (χ3v) is 7.17. The molecule has 0 radical (unpaired) electrons. The lowest BCUT2D eigenvalue weighted by atomic mass is 9.72. The first-order valence-electron chi connectivity index (χ1n) is 11.8. The Morgan fingerprint density at radius 3 is 2.65 bits per heavy atom. The zero-order chi connectivity index (χ0) is 23.1. The van der Waals surface area contributed by atoms with Crippen LogP contribution in [-0.4, -0.2) is 45.9 Å². The number of piperidine rings is 1. The molecule has 4 aromatic rings. The Bertz CT molecular complexity index is 1360. The number of nitrogens with zero attached hydrogens (tertiary/aromatic N) is 5. The van der Waals surface area contributed by atoms with E-state index < -0.39 is 0 Å². The Morgan fingerprint density at radius 2 is 1.85 bits per heavy atom. The molecule has 2 aliphatic rings. The van der Waals surface area contributed by atoms with Crippen molar-refractivity contribution in [1.82, 2.24) is 25.1 Å². The molecule has 6 rings (SSSR count). The maximum absolute atomic E-state index is 4.63. The van der Waals surface area contributed by atoms with Crippen LogP contribution in [0.4, 0.5) is 11.6 Å². The summed E-state index contributed by atoms with van der Waals surface area (Å²) in [5, 5.41) is 13.4. The molecule has 0 atom stereocenters. The van der Waals surface area contributed by atoms with Gasteiger partial charge in [0.1, 0.15) is 11.6 Å². The minimum Gasteiger partial charge on any atom is -0.355 e. The van der Waals surface area contributed by atoms with Crippen LogP contribution in [0, 0.1) is 5.41 Å². The number of pyridine rings is 2. The maximum atomic E-state index is 4.63. The number of hydrogen-bond acceptors (Lipinski definition) is 6. The van der Waals surface area contributed by atoms with Gasteiger partial charge < -0.3 is 15.5 Å². The lowest BCUT2D eigenvalue weighted by molar-refractivity contribution is 0.149. The van der Waals surface area contributed by atoms with Gasteiger partial charge in [0.25, 0.3) is 0 Å². The molecule has 1 aromatic carbocycles. The Labute approximate surface area is 199 Å². The van der Waals surface area contributed by atoms with Crippen LogP contribution in [0.3, 0.4) is 0 Å². The highest BCUT2D eigenvalue weighted by Gasteiger charge is 2.43. The van der Waals surface area contributed by atoms with E-state index in [-0.39, 0.29) is 0 Å². The van der Waals surface area contributed by atoms with Crippen molar-refractivity contribution in [3.63, 3.8) is 0 Å². The van der Waals surface area contributed by atoms with Gasteiger partial charge in [-0.1, -0.05) is 18.7 Å². The molecule has 34 heavy (non-hydrogen) atoms. The van der Waals surface area contributed by atoms with Crippen molar-refractivity contribution in [2.24, 2.45) is 12.5 Å². The van der Waals surface area contributed by atoms with Crippen LogP contribution in [0.1, 0.15) is 18.4 Å². The number of aromatic nitrogens is 4. The normalized spacial score (nSPS) is 17.0. The van der Waals surface area contributed by atoms with Gasteiger partial charge in [-0.3, -0.25) is 4.68 Å². The summed E-state index contributed by atoms with van der Waals surface area (Å²) < 4.78 is 1.82. The van der Waals surface area contributed by atoms with Crippen molar-refractivity contribution >= 4 is 28.1 Å². The first-order chi connectivity index (χ1) is 16.6. The van der Waals surface area contributed by atoms with E-state index in [1.807, 2.05) is 42.6 Å². The quantitative estimate of drug-likeness (QED) is 0.471. The standard InChI is InChI=1S/C27H29N7/c1-19(20-5-8-29-26(13-20)34-17-27(18-34)6-9-28-10-7-27)32-25-12-23-11-21(3-4-22(23)14-30-25)24-15-31-33(2)16-24/h3-5,8,11-16,28H,1,6-7,9-10,17-18H2,2H3,(H,30,32). The van der Waals surface area contributed by atoms with E-state index >= 15 is 0 Å². The number of hydrogen-bond donors (Lipinski definition) is 2. The molecule has 2 N–H and O–H groups in total. The summed E-state index contributed by atoms with van der Waals surface area (Å²) in [6.45, 7) is 8.73. The minimum atomic E-state index is 0.474. The van der Waals surface area contributed by atoms with Crippen LogP contribution in [0.15, 0.2) is 67.8 Å². The number of nitrogens with one attached hydrogen (secondary N) is 2. The van der Waals surface area contributed by atoms with Crippen LogP contribution in [0.25, 0.3) is 27.6 Å². The molecule has 7 heteroatoms. The highest BCUT2D eigenvalue weighted by molar-refractivity contribution is 5.89. The average molecular weight is 452 g/mol. The van der Waals surface area contributed by atoms with Crippen molar-refractivity contribution < 1.29 is 0 Å². The van der Waals surface area contributed by atoms with E-state index in [1.54, 1.807) is 0 Å². The molecular weight excluding hydrogens is 422 g/mol. The van der Waals surface area contributed by atoms with Gasteiger partial charge in [-0.25, -0.2) is 9.97 Å². The van der Waals surface area contributed by atoms with Crippen LogP contribution >= 0.6 is 0 Å². The van der Waals surface area contributed by atoms with E-state index in [4.69, 9.17) is 0 Å². The molecule has 0 unspecified atom stereocenters. The predicted molar refractivity (Wildman–Crippen MR) is 138 cm³/mol. The monoisotopic (exact) mass is 451 g/mol. The lowest BCUT2D eigenvalue weighted by Gasteiger charge is -2.53. The number of fused-ring (bicyclic) bond motifs is 1. The second-order valence-electron chi connectivity index (χ2n) is 9.65. The van der Waals surface area contributed by atoms with Crippen LogP contribution in [0.5, 0.6) is 0 Å². The van der Waals surface area contributed by atoms with Gasteiger partial charge in [-0.05, 0) is 61.1 Å². The van der Waals surface area contributed by atoms with Gasteiger partial charge >= 0.3 is 0 Å². The van der Waals surface area contributed by atoms with E-state index in [1.165, 1.54) is 12.8 Å². The van der Waals surface area contributed by atoms with Crippen LogP contribution in [-0.2, 0) is 7.05 Å². The van der Waals surface area contributed by atoms with Gasteiger partial charge in [-0.15, -0.1) is 0 Å². The summed E-state index contributed by atoms with van der Waals surface area (Å²) in [6, 6.07) is 12.6. The summed E-state index contributed by atoms with van der Waals surface area (Å²) in [5.41, 5.74) is 4.55. The molecule has 5 heterocycles. The fourth-order valence-corrected chi connectivity index (χ4v) is 5.16. The Hall–Kier alpha value is -3.71. The fraction of sp³-hybridized carbons (Fsp3) is 0.296. The Kier molecular flexibility index (Phi) is 5.07. The van der Waals surface area contributed by atoms with Crippen molar-refractivity contribution in [1.29, 1.82) is 0 Å². The smallest absolute Gasteiger partial charge is 0.130 e. The molecule has 172 valence electrons. The maximum Gasteiger partial charge on any atom is 0.130 e. The van der Waals surface area contributed by atoms with Crippen LogP contribution in [0.2, 0.25) is 0 Å². The average Bonchev–Trinajstić information content (AvgIpc) is 3.29. The zero-order valence-electron chi connectivity index (χ0n) is 19.5. The van der Waals surface area contributed by atoms with Gasteiger partial charge in [0.05, 0.1) is 6.20 Å². The first kappa shape index (κ1) is 20.9. The van der Waals surface area contributed by atoms with Crippen molar-refractivity contribution in [3.8, 4) is 11.1 Å². The highest BCUT2D eigenvalue weighted by atomic mass is 15.3. The van der Waals surface area contributed by atoms with E-state index in [0.717, 1.165) is 71.0 Å². The molecule has 0 aliphatic carbocycles. The summed E-state index contributed by atoms with van der Waals surface area (Å²) in [7, 11) is 1.93. The molecular formula is C27H29N7. The van der Waals surface area contributed by atoms with E-state index in [9.17, 15) is 0 Å². The molecule has 7 nitrogen and oxygen atoms in total. The number of rotatable bonds is 5. The topological polar surface area (TPSA) is 70.9 Å². The highest BCUT2D eigenvalue weighted by Crippen LogP contribution is 2.40. The SMILES string of the molecule is C=C(Nc1cc2cc(-c3cnn(C)c3)ccc2cn1)c1ccnc(N2CC3(CCNCC3)C2)c1. The largest absolute Gasteiger partial charge is 0.355 e. The summed E-state index contributed by atoms with van der Waals surface area (Å²) >= 11 is 0. The Balaban J connectivity index is 1.18. The van der Waals surface area contributed by atoms with E-state index in [2.05, 4.69) is 67.5 Å². The third kappa shape index (κ3) is 3.92. The van der Waals surface area contributed by atoms with Gasteiger partial charge in [0, 0.05) is 66.4 Å². The van der Waals surface area contributed by atoms with Gasteiger partial charge in [0.2, 0.25) is 0 Å². The van der Waals surface area contributed by atoms with Crippen LogP contribution < -0.4 is 15.5 Å². The molecule has 2 saturated heterocycles. The first-order valence-corrected chi connectivity index (χ1v) is 11.8.